The molecule has 29 heavy (non-hydrogen) atoms. The van der Waals surface area contributed by atoms with Crippen molar-refractivity contribution in [3.8, 4) is 0 Å². The van der Waals surface area contributed by atoms with E-state index in [0.717, 1.165) is 31.6 Å². The third kappa shape index (κ3) is 3.00. The number of rotatable bonds is 4. The van der Waals surface area contributed by atoms with Crippen LogP contribution in [0.3, 0.4) is 0 Å². The van der Waals surface area contributed by atoms with Crippen LogP contribution in [0.4, 0.5) is 16.2 Å². The SMILES string of the molecule is CCN1C(=O)C(Cc2cc3c4c(c2)CCCN4CCC3)N(c2ccccc2)C1=O. The van der Waals surface area contributed by atoms with Crippen LogP contribution in [0.25, 0.3) is 0 Å². The van der Waals surface area contributed by atoms with Gasteiger partial charge in [0.25, 0.3) is 5.91 Å². The summed E-state index contributed by atoms with van der Waals surface area (Å²) in [5, 5.41) is 0. The van der Waals surface area contributed by atoms with Crippen molar-refractivity contribution in [3.05, 3.63) is 59.2 Å². The molecule has 2 aromatic rings. The molecule has 0 aromatic heterocycles. The Bertz CT molecular complexity index is 925. The number of imide groups is 1. The minimum atomic E-state index is -0.474. The van der Waals surface area contributed by atoms with Crippen molar-refractivity contribution in [2.75, 3.05) is 29.4 Å². The second-order valence-corrected chi connectivity index (χ2v) is 8.25. The van der Waals surface area contributed by atoms with Crippen molar-refractivity contribution in [3.63, 3.8) is 0 Å². The molecule has 150 valence electrons. The highest BCUT2D eigenvalue weighted by Crippen LogP contribution is 2.37. The molecular weight excluding hydrogens is 362 g/mol. The summed E-state index contributed by atoms with van der Waals surface area (Å²) in [6.45, 7) is 4.57. The van der Waals surface area contributed by atoms with Crippen molar-refractivity contribution in [1.29, 1.82) is 0 Å². The molecule has 0 aliphatic carbocycles. The molecule has 1 unspecified atom stereocenters. The first-order valence-corrected chi connectivity index (χ1v) is 10.8. The Labute approximate surface area is 171 Å². The molecular formula is C24H27N3O2. The van der Waals surface area contributed by atoms with Crippen LogP contribution < -0.4 is 9.80 Å². The van der Waals surface area contributed by atoms with Crippen molar-refractivity contribution in [1.82, 2.24) is 4.90 Å². The van der Waals surface area contributed by atoms with E-state index in [1.165, 1.54) is 40.1 Å². The molecule has 3 amide bonds. The standard InChI is InChI=1S/C24H27N3O2/c1-2-26-23(28)21(27(24(26)29)20-10-4-3-5-11-20)16-17-14-18-8-6-12-25-13-7-9-19(15-17)22(18)25/h3-5,10-11,14-15,21H,2,6-9,12-13,16H2,1H3. The zero-order valence-electron chi connectivity index (χ0n) is 16.9. The maximum atomic E-state index is 13.1. The number of anilines is 2. The van der Waals surface area contributed by atoms with Crippen LogP contribution in [0.2, 0.25) is 0 Å². The predicted octanol–water partition coefficient (Wildman–Crippen LogP) is 3.79. The van der Waals surface area contributed by atoms with Gasteiger partial charge in [0.05, 0.1) is 0 Å². The molecule has 1 saturated heterocycles. The van der Waals surface area contributed by atoms with E-state index in [9.17, 15) is 9.59 Å². The van der Waals surface area contributed by atoms with Gasteiger partial charge < -0.3 is 4.90 Å². The lowest BCUT2D eigenvalue weighted by molar-refractivity contribution is -0.127. The summed E-state index contributed by atoms with van der Waals surface area (Å²) in [5.74, 6) is -0.0886. The van der Waals surface area contributed by atoms with Gasteiger partial charge in [0.1, 0.15) is 6.04 Å². The van der Waals surface area contributed by atoms with E-state index in [1.54, 1.807) is 4.90 Å². The predicted molar refractivity (Wildman–Crippen MR) is 114 cm³/mol. The third-order valence-electron chi connectivity index (χ3n) is 6.47. The summed E-state index contributed by atoms with van der Waals surface area (Å²) >= 11 is 0. The zero-order chi connectivity index (χ0) is 20.0. The van der Waals surface area contributed by atoms with Crippen LogP contribution in [0, 0.1) is 0 Å². The lowest BCUT2D eigenvalue weighted by Gasteiger charge is -2.37. The number of aryl methyl sites for hydroxylation is 2. The topological polar surface area (TPSA) is 43.9 Å². The molecule has 0 bridgehead atoms. The highest BCUT2D eigenvalue weighted by atomic mass is 16.2. The van der Waals surface area contributed by atoms with Gasteiger partial charge >= 0.3 is 6.03 Å². The minimum absolute atomic E-state index is 0.0886. The Kier molecular flexibility index (Phi) is 4.53. The van der Waals surface area contributed by atoms with E-state index < -0.39 is 6.04 Å². The lowest BCUT2D eigenvalue weighted by atomic mass is 9.88. The van der Waals surface area contributed by atoms with Gasteiger partial charge in [-0.25, -0.2) is 4.79 Å². The molecule has 1 atom stereocenters. The highest BCUT2D eigenvalue weighted by Gasteiger charge is 2.45. The maximum absolute atomic E-state index is 13.1. The molecule has 5 rings (SSSR count). The molecule has 5 nitrogen and oxygen atoms in total. The number of para-hydroxylation sites is 1. The first-order valence-electron chi connectivity index (χ1n) is 10.8. The molecule has 3 heterocycles. The van der Waals surface area contributed by atoms with Gasteiger partial charge in [-0.05, 0) is 61.4 Å². The second-order valence-electron chi connectivity index (χ2n) is 8.25. The van der Waals surface area contributed by atoms with Crippen molar-refractivity contribution in [2.45, 2.75) is 45.1 Å². The minimum Gasteiger partial charge on any atom is -0.371 e. The summed E-state index contributed by atoms with van der Waals surface area (Å²) in [7, 11) is 0. The van der Waals surface area contributed by atoms with Crippen molar-refractivity contribution in [2.24, 2.45) is 0 Å². The Morgan fingerprint density at radius 1 is 0.966 bits per heavy atom. The van der Waals surface area contributed by atoms with Gasteiger partial charge in [0, 0.05) is 37.4 Å². The zero-order valence-corrected chi connectivity index (χ0v) is 16.9. The van der Waals surface area contributed by atoms with Crippen LogP contribution in [0.1, 0.15) is 36.5 Å². The van der Waals surface area contributed by atoms with E-state index in [0.29, 0.717) is 13.0 Å². The Balaban J connectivity index is 1.51. The second kappa shape index (κ2) is 7.21. The molecule has 3 aliphatic heterocycles. The van der Waals surface area contributed by atoms with Gasteiger partial charge in [-0.2, -0.15) is 0 Å². The summed E-state index contributed by atoms with van der Waals surface area (Å²) in [5.41, 5.74) is 6.23. The van der Waals surface area contributed by atoms with E-state index in [1.807, 2.05) is 37.3 Å². The number of carbonyl (C=O) groups excluding carboxylic acids is 2. The van der Waals surface area contributed by atoms with Gasteiger partial charge in [-0.3, -0.25) is 14.6 Å². The van der Waals surface area contributed by atoms with Crippen LogP contribution in [-0.2, 0) is 24.1 Å². The summed E-state index contributed by atoms with van der Waals surface area (Å²) < 4.78 is 0. The Hall–Kier alpha value is -2.82. The van der Waals surface area contributed by atoms with Gasteiger partial charge in [-0.1, -0.05) is 30.3 Å². The lowest BCUT2D eigenvalue weighted by Crippen LogP contribution is -2.37. The first-order chi connectivity index (χ1) is 14.2. The molecule has 2 aromatic carbocycles. The summed E-state index contributed by atoms with van der Waals surface area (Å²) in [4.78, 5) is 31.7. The number of carbonyl (C=O) groups is 2. The van der Waals surface area contributed by atoms with Crippen molar-refractivity contribution < 1.29 is 9.59 Å². The maximum Gasteiger partial charge on any atom is 0.331 e. The highest BCUT2D eigenvalue weighted by molar-refractivity contribution is 6.14. The van der Waals surface area contributed by atoms with Crippen LogP contribution in [0.15, 0.2) is 42.5 Å². The number of nitrogens with zero attached hydrogens (tertiary/aromatic N) is 3. The number of hydrogen-bond donors (Lipinski definition) is 0. The van der Waals surface area contributed by atoms with Crippen LogP contribution >= 0.6 is 0 Å². The molecule has 5 heteroatoms. The normalized spacial score (nSPS) is 21.0. The average molecular weight is 389 g/mol. The number of hydrogen-bond acceptors (Lipinski definition) is 3. The molecule has 0 saturated carbocycles. The largest absolute Gasteiger partial charge is 0.371 e. The molecule has 0 radical (unpaired) electrons. The van der Waals surface area contributed by atoms with E-state index >= 15 is 0 Å². The monoisotopic (exact) mass is 389 g/mol. The summed E-state index contributed by atoms with van der Waals surface area (Å²) in [6, 6.07) is 13.5. The van der Waals surface area contributed by atoms with Crippen LogP contribution in [-0.4, -0.2) is 42.5 Å². The summed E-state index contributed by atoms with van der Waals surface area (Å²) in [6.07, 6.45) is 5.16. The van der Waals surface area contributed by atoms with Gasteiger partial charge in [0.2, 0.25) is 0 Å². The van der Waals surface area contributed by atoms with E-state index in [-0.39, 0.29) is 11.9 Å². The smallest absolute Gasteiger partial charge is 0.331 e. The molecule has 0 N–H and O–H groups in total. The number of amides is 3. The van der Waals surface area contributed by atoms with E-state index in [2.05, 4.69) is 17.0 Å². The van der Waals surface area contributed by atoms with Gasteiger partial charge in [-0.15, -0.1) is 0 Å². The fraction of sp³-hybridized carbons (Fsp3) is 0.417. The Morgan fingerprint density at radius 2 is 1.62 bits per heavy atom. The van der Waals surface area contributed by atoms with Crippen LogP contribution in [0.5, 0.6) is 0 Å². The molecule has 1 fully saturated rings. The molecule has 3 aliphatic rings. The van der Waals surface area contributed by atoms with Crippen molar-refractivity contribution >= 4 is 23.3 Å². The van der Waals surface area contributed by atoms with Gasteiger partial charge in [0.15, 0.2) is 0 Å². The number of benzene rings is 2. The number of urea groups is 1. The average Bonchev–Trinajstić information content (AvgIpc) is 2.98. The third-order valence-corrected chi connectivity index (χ3v) is 6.47. The fourth-order valence-electron chi connectivity index (χ4n) is 5.21. The fourth-order valence-corrected chi connectivity index (χ4v) is 5.21. The van der Waals surface area contributed by atoms with E-state index in [4.69, 9.17) is 0 Å². The Morgan fingerprint density at radius 3 is 2.24 bits per heavy atom. The molecule has 0 spiro atoms. The number of likely N-dealkylation sites (N-methyl/N-ethyl adjacent to an activating group) is 1. The first kappa shape index (κ1) is 18.2. The quantitative estimate of drug-likeness (QED) is 0.748.